The first-order valence-electron chi connectivity index (χ1n) is 7.18. The van der Waals surface area contributed by atoms with Gasteiger partial charge in [0.1, 0.15) is 0 Å². The molecule has 0 aliphatic rings. The molecule has 0 aliphatic carbocycles. The Labute approximate surface area is 126 Å². The number of aliphatic hydroxyl groups excluding tert-OH is 1. The highest BCUT2D eigenvalue weighted by atomic mass is 16.5. The molecule has 0 heterocycles. The molecule has 1 amide bonds. The van der Waals surface area contributed by atoms with E-state index in [1.807, 2.05) is 39.0 Å². The predicted octanol–water partition coefficient (Wildman–Crippen LogP) is 1.88. The highest BCUT2D eigenvalue weighted by Crippen LogP contribution is 2.11. The molecule has 1 unspecified atom stereocenters. The van der Waals surface area contributed by atoms with Crippen LogP contribution in [0.2, 0.25) is 0 Å². The third-order valence-electron chi connectivity index (χ3n) is 2.88. The largest absolute Gasteiger partial charge is 0.395 e. The molecule has 0 saturated heterocycles. The first kappa shape index (κ1) is 17.2. The second kappa shape index (κ2) is 9.17. The van der Waals surface area contributed by atoms with Crippen LogP contribution in [0.25, 0.3) is 0 Å². The van der Waals surface area contributed by atoms with Gasteiger partial charge in [-0.1, -0.05) is 23.5 Å². The molecule has 0 radical (unpaired) electrons. The van der Waals surface area contributed by atoms with Crippen LogP contribution in [-0.2, 0) is 4.74 Å². The number of amides is 1. The summed E-state index contributed by atoms with van der Waals surface area (Å²) in [6.45, 7) is 6.88. The van der Waals surface area contributed by atoms with Crippen molar-refractivity contribution in [3.8, 4) is 11.8 Å². The van der Waals surface area contributed by atoms with Crippen LogP contribution in [-0.4, -0.2) is 36.9 Å². The predicted molar refractivity (Wildman–Crippen MR) is 83.2 cm³/mol. The van der Waals surface area contributed by atoms with Crippen molar-refractivity contribution in [2.24, 2.45) is 0 Å². The minimum atomic E-state index is -0.154. The van der Waals surface area contributed by atoms with E-state index in [2.05, 4.69) is 17.2 Å². The highest BCUT2D eigenvalue weighted by molar-refractivity contribution is 5.97. The van der Waals surface area contributed by atoms with E-state index in [9.17, 15) is 4.79 Å². The van der Waals surface area contributed by atoms with Crippen molar-refractivity contribution in [1.82, 2.24) is 5.32 Å². The van der Waals surface area contributed by atoms with E-state index in [1.165, 1.54) is 0 Å². The van der Waals surface area contributed by atoms with Gasteiger partial charge in [0.15, 0.2) is 0 Å². The first-order chi connectivity index (χ1) is 10.1. The summed E-state index contributed by atoms with van der Waals surface area (Å²) in [5, 5.41) is 11.6. The van der Waals surface area contributed by atoms with Crippen LogP contribution >= 0.6 is 0 Å². The number of nitrogens with one attached hydrogen (secondary N) is 1. The molecule has 21 heavy (non-hydrogen) atoms. The van der Waals surface area contributed by atoms with E-state index in [0.29, 0.717) is 30.7 Å². The number of hydrogen-bond donors (Lipinski definition) is 2. The topological polar surface area (TPSA) is 58.6 Å². The van der Waals surface area contributed by atoms with Gasteiger partial charge in [0, 0.05) is 25.1 Å². The molecule has 1 aromatic rings. The maximum Gasteiger partial charge on any atom is 0.252 e. The molecule has 2 N–H and O–H groups in total. The van der Waals surface area contributed by atoms with Gasteiger partial charge < -0.3 is 15.2 Å². The van der Waals surface area contributed by atoms with E-state index < -0.39 is 0 Å². The van der Waals surface area contributed by atoms with Crippen molar-refractivity contribution >= 4 is 5.91 Å². The summed E-state index contributed by atoms with van der Waals surface area (Å²) in [6.07, 6.45) is 0.378. The molecule has 0 fully saturated rings. The Hall–Kier alpha value is -1.83. The summed E-state index contributed by atoms with van der Waals surface area (Å²) in [6, 6.07) is 5.58. The van der Waals surface area contributed by atoms with Gasteiger partial charge in [-0.25, -0.2) is 0 Å². The highest BCUT2D eigenvalue weighted by Gasteiger charge is 2.11. The van der Waals surface area contributed by atoms with Crippen LogP contribution < -0.4 is 5.32 Å². The van der Waals surface area contributed by atoms with Crippen molar-refractivity contribution in [1.29, 1.82) is 0 Å². The number of hydrogen-bond acceptors (Lipinski definition) is 3. The maximum atomic E-state index is 12.3. The van der Waals surface area contributed by atoms with Crippen LogP contribution in [0, 0.1) is 18.8 Å². The van der Waals surface area contributed by atoms with Crippen LogP contribution in [0.5, 0.6) is 0 Å². The summed E-state index contributed by atoms with van der Waals surface area (Å²) in [5.41, 5.74) is 2.24. The third-order valence-corrected chi connectivity index (χ3v) is 2.88. The molecule has 1 atom stereocenters. The molecule has 0 aromatic heterocycles. The Bertz CT molecular complexity index is 529. The number of benzene rings is 1. The maximum absolute atomic E-state index is 12.3. The molecule has 0 saturated carbocycles. The number of rotatable bonds is 6. The second-order valence-electron chi connectivity index (χ2n) is 4.80. The first-order valence-corrected chi connectivity index (χ1v) is 7.18. The molecule has 114 valence electrons. The third kappa shape index (κ3) is 5.99. The van der Waals surface area contributed by atoms with E-state index in [0.717, 1.165) is 5.56 Å². The van der Waals surface area contributed by atoms with Gasteiger partial charge >= 0.3 is 0 Å². The molecule has 4 nitrogen and oxygen atoms in total. The summed E-state index contributed by atoms with van der Waals surface area (Å²) in [4.78, 5) is 12.3. The quantitative estimate of drug-likeness (QED) is 0.786. The average molecular weight is 289 g/mol. The lowest BCUT2D eigenvalue weighted by Gasteiger charge is -2.13. The van der Waals surface area contributed by atoms with Crippen LogP contribution in [0.3, 0.4) is 0 Å². The van der Waals surface area contributed by atoms with Crippen molar-refractivity contribution in [3.63, 3.8) is 0 Å². The number of aryl methyl sites for hydroxylation is 1. The summed E-state index contributed by atoms with van der Waals surface area (Å²) < 4.78 is 5.39. The van der Waals surface area contributed by atoms with Gasteiger partial charge in [0.2, 0.25) is 0 Å². The SMILES string of the molecule is CCOC(C)CNC(=O)c1cc(C)ccc1C#CCCO. The van der Waals surface area contributed by atoms with Gasteiger partial charge in [-0.15, -0.1) is 0 Å². The summed E-state index contributed by atoms with van der Waals surface area (Å²) in [7, 11) is 0. The molecular formula is C17H23NO3. The normalized spacial score (nSPS) is 11.4. The van der Waals surface area contributed by atoms with Crippen LogP contribution in [0.4, 0.5) is 0 Å². The van der Waals surface area contributed by atoms with Gasteiger partial charge in [-0.2, -0.15) is 0 Å². The Balaban J connectivity index is 2.82. The van der Waals surface area contributed by atoms with E-state index in [-0.39, 0.29) is 18.6 Å². The molecule has 4 heteroatoms. The van der Waals surface area contributed by atoms with Crippen molar-refractivity contribution in [2.75, 3.05) is 19.8 Å². The Morgan fingerprint density at radius 3 is 2.90 bits per heavy atom. The smallest absolute Gasteiger partial charge is 0.252 e. The van der Waals surface area contributed by atoms with Gasteiger partial charge in [0.25, 0.3) is 5.91 Å². The molecule has 0 bridgehead atoms. The Morgan fingerprint density at radius 1 is 1.48 bits per heavy atom. The molecule has 1 aromatic carbocycles. The minimum Gasteiger partial charge on any atom is -0.395 e. The average Bonchev–Trinajstić information content (AvgIpc) is 2.46. The molecule has 0 spiro atoms. The van der Waals surface area contributed by atoms with Crippen LogP contribution in [0.15, 0.2) is 18.2 Å². The zero-order valence-electron chi connectivity index (χ0n) is 12.9. The number of aliphatic hydroxyl groups is 1. The number of ether oxygens (including phenoxy) is 1. The van der Waals surface area contributed by atoms with Gasteiger partial charge in [0.05, 0.1) is 18.3 Å². The second-order valence-corrected chi connectivity index (χ2v) is 4.80. The molecular weight excluding hydrogens is 266 g/mol. The fraction of sp³-hybridized carbons (Fsp3) is 0.471. The molecule has 1 rings (SSSR count). The van der Waals surface area contributed by atoms with E-state index >= 15 is 0 Å². The van der Waals surface area contributed by atoms with Crippen molar-refractivity contribution in [3.05, 3.63) is 34.9 Å². The Morgan fingerprint density at radius 2 is 2.24 bits per heavy atom. The summed E-state index contributed by atoms with van der Waals surface area (Å²) in [5.74, 6) is 5.63. The lowest BCUT2D eigenvalue weighted by atomic mass is 10.0. The lowest BCUT2D eigenvalue weighted by molar-refractivity contribution is 0.0695. The standard InChI is InChI=1S/C17H23NO3/c1-4-21-14(3)12-18-17(20)16-11-13(2)8-9-15(16)7-5-6-10-19/h8-9,11,14,19H,4,6,10,12H2,1-3H3,(H,18,20). The van der Waals surface area contributed by atoms with E-state index in [4.69, 9.17) is 9.84 Å². The van der Waals surface area contributed by atoms with Gasteiger partial charge in [-0.05, 0) is 32.9 Å². The van der Waals surface area contributed by atoms with Crippen LogP contribution in [0.1, 0.15) is 41.8 Å². The zero-order valence-corrected chi connectivity index (χ0v) is 12.9. The zero-order chi connectivity index (χ0) is 15.7. The monoisotopic (exact) mass is 289 g/mol. The minimum absolute atomic E-state index is 0.0201. The fourth-order valence-electron chi connectivity index (χ4n) is 1.84. The fourth-order valence-corrected chi connectivity index (χ4v) is 1.84. The number of carbonyl (C=O) groups is 1. The number of carbonyl (C=O) groups excluding carboxylic acids is 1. The molecule has 0 aliphatic heterocycles. The van der Waals surface area contributed by atoms with Gasteiger partial charge in [-0.3, -0.25) is 4.79 Å². The van der Waals surface area contributed by atoms with Crippen molar-refractivity contribution < 1.29 is 14.6 Å². The van der Waals surface area contributed by atoms with Crippen molar-refractivity contribution in [2.45, 2.75) is 33.3 Å². The summed E-state index contributed by atoms with van der Waals surface area (Å²) >= 11 is 0. The van der Waals surface area contributed by atoms with E-state index in [1.54, 1.807) is 0 Å². The Kier molecular flexibility index (Phi) is 7.52. The lowest BCUT2D eigenvalue weighted by Crippen LogP contribution is -2.32.